The maximum absolute atomic E-state index is 11.6. The van der Waals surface area contributed by atoms with Crippen LogP contribution in [0.5, 0.6) is 0 Å². The molecule has 0 heterocycles. The van der Waals surface area contributed by atoms with E-state index in [9.17, 15) is 14.9 Å². The highest BCUT2D eigenvalue weighted by Crippen LogP contribution is 2.22. The quantitative estimate of drug-likeness (QED) is 0.670. The maximum Gasteiger partial charge on any atom is 0.411 e. The third-order valence-corrected chi connectivity index (χ3v) is 2.30. The van der Waals surface area contributed by atoms with Crippen LogP contribution in [-0.2, 0) is 4.74 Å². The topological polar surface area (TPSA) is 81.5 Å². The molecule has 0 unspecified atom stereocenters. The lowest BCUT2D eigenvalue weighted by Gasteiger charge is -2.18. The minimum atomic E-state index is -0.612. The summed E-state index contributed by atoms with van der Waals surface area (Å²) in [4.78, 5) is 21.7. The molecule has 0 aliphatic carbocycles. The number of nitrogens with zero attached hydrogens (tertiary/aromatic N) is 1. The summed E-state index contributed by atoms with van der Waals surface area (Å²) in [6.07, 6.45) is -0.612. The van der Waals surface area contributed by atoms with Gasteiger partial charge in [-0.05, 0) is 17.9 Å². The lowest BCUT2D eigenvalue weighted by atomic mass is 9.99. The first-order valence-corrected chi connectivity index (χ1v) is 5.88. The molecule has 1 aromatic carbocycles. The Kier molecular flexibility index (Phi) is 4.47. The van der Waals surface area contributed by atoms with Gasteiger partial charge in [-0.1, -0.05) is 26.8 Å². The van der Waals surface area contributed by atoms with Crippen LogP contribution in [0, 0.1) is 22.5 Å². The van der Waals surface area contributed by atoms with Gasteiger partial charge >= 0.3 is 6.09 Å². The fourth-order valence-electron chi connectivity index (χ4n) is 1.29. The lowest BCUT2D eigenvalue weighted by Crippen LogP contribution is -2.22. The number of rotatable bonds is 3. The average molecular weight is 266 g/mol. The zero-order valence-corrected chi connectivity index (χ0v) is 11.5. The minimum Gasteiger partial charge on any atom is -0.449 e. The lowest BCUT2D eigenvalue weighted by molar-refractivity contribution is -0.384. The van der Waals surface area contributed by atoms with Gasteiger partial charge in [0.05, 0.1) is 17.2 Å². The van der Waals surface area contributed by atoms with Crippen molar-refractivity contribution in [2.75, 3.05) is 11.9 Å². The second-order valence-corrected chi connectivity index (χ2v) is 5.52. The van der Waals surface area contributed by atoms with Crippen molar-refractivity contribution < 1.29 is 14.5 Å². The number of carbonyl (C=O) groups excluding carboxylic acids is 1. The minimum absolute atomic E-state index is 0.0725. The molecule has 0 bridgehead atoms. The van der Waals surface area contributed by atoms with E-state index in [1.165, 1.54) is 12.1 Å². The molecule has 0 spiro atoms. The van der Waals surface area contributed by atoms with Gasteiger partial charge in [-0.25, -0.2) is 4.79 Å². The SMILES string of the molecule is Cc1ccc([N+](=O)[O-])cc1NC(=O)OCC(C)(C)C. The Hall–Kier alpha value is -2.11. The summed E-state index contributed by atoms with van der Waals surface area (Å²) in [5, 5.41) is 13.2. The molecule has 0 radical (unpaired) electrons. The molecular formula is C13H18N2O4. The normalized spacial score (nSPS) is 10.9. The van der Waals surface area contributed by atoms with Crippen LogP contribution in [0.1, 0.15) is 26.3 Å². The number of non-ortho nitro benzene ring substituents is 1. The van der Waals surface area contributed by atoms with Gasteiger partial charge in [0.15, 0.2) is 0 Å². The third-order valence-electron chi connectivity index (χ3n) is 2.30. The highest BCUT2D eigenvalue weighted by molar-refractivity contribution is 5.86. The van der Waals surface area contributed by atoms with E-state index < -0.39 is 11.0 Å². The van der Waals surface area contributed by atoms with E-state index in [1.54, 1.807) is 13.0 Å². The molecule has 0 fully saturated rings. The Bertz CT molecular complexity index is 492. The van der Waals surface area contributed by atoms with Crippen molar-refractivity contribution in [3.05, 3.63) is 33.9 Å². The average Bonchev–Trinajstić information content (AvgIpc) is 2.28. The molecule has 6 heteroatoms. The Morgan fingerprint density at radius 1 is 1.42 bits per heavy atom. The number of nitro benzene ring substituents is 1. The Balaban J connectivity index is 2.73. The van der Waals surface area contributed by atoms with Crippen molar-refractivity contribution in [3.8, 4) is 0 Å². The van der Waals surface area contributed by atoms with Gasteiger partial charge in [0.1, 0.15) is 0 Å². The molecule has 1 aromatic rings. The summed E-state index contributed by atoms with van der Waals surface area (Å²) in [6.45, 7) is 7.85. The molecule has 0 saturated heterocycles. The number of amides is 1. The highest BCUT2D eigenvalue weighted by Gasteiger charge is 2.15. The van der Waals surface area contributed by atoms with E-state index >= 15 is 0 Å². The summed E-state index contributed by atoms with van der Waals surface area (Å²) >= 11 is 0. The molecule has 19 heavy (non-hydrogen) atoms. The van der Waals surface area contributed by atoms with E-state index in [-0.39, 0.29) is 17.7 Å². The van der Waals surface area contributed by atoms with E-state index in [0.29, 0.717) is 5.69 Å². The summed E-state index contributed by atoms with van der Waals surface area (Å²) in [5.74, 6) is 0. The molecule has 1 rings (SSSR count). The zero-order valence-electron chi connectivity index (χ0n) is 11.5. The van der Waals surface area contributed by atoms with Crippen LogP contribution in [0.4, 0.5) is 16.2 Å². The van der Waals surface area contributed by atoms with Crippen molar-refractivity contribution >= 4 is 17.5 Å². The summed E-state index contributed by atoms with van der Waals surface area (Å²) in [5.41, 5.74) is 0.915. The molecule has 0 saturated carbocycles. The van der Waals surface area contributed by atoms with Gasteiger partial charge in [0.25, 0.3) is 5.69 Å². The van der Waals surface area contributed by atoms with Gasteiger partial charge in [-0.3, -0.25) is 15.4 Å². The van der Waals surface area contributed by atoms with E-state index in [2.05, 4.69) is 5.32 Å². The fraction of sp³-hybridized carbons (Fsp3) is 0.462. The predicted octanol–water partition coefficient (Wildman–Crippen LogP) is 3.50. The molecule has 0 aliphatic rings. The van der Waals surface area contributed by atoms with Crippen LogP contribution >= 0.6 is 0 Å². The van der Waals surface area contributed by atoms with Crippen LogP contribution in [0.3, 0.4) is 0 Å². The van der Waals surface area contributed by atoms with Crippen LogP contribution in [0.2, 0.25) is 0 Å². The number of carbonyl (C=O) groups is 1. The van der Waals surface area contributed by atoms with Crippen LogP contribution in [0.25, 0.3) is 0 Å². The Morgan fingerprint density at radius 2 is 2.05 bits per heavy atom. The number of benzene rings is 1. The van der Waals surface area contributed by atoms with Gasteiger partial charge in [0, 0.05) is 12.1 Å². The number of aryl methyl sites for hydroxylation is 1. The van der Waals surface area contributed by atoms with Gasteiger partial charge in [0.2, 0.25) is 0 Å². The summed E-state index contributed by atoms with van der Waals surface area (Å²) in [7, 11) is 0. The van der Waals surface area contributed by atoms with Gasteiger partial charge in [-0.15, -0.1) is 0 Å². The van der Waals surface area contributed by atoms with Crippen LogP contribution in [-0.4, -0.2) is 17.6 Å². The molecule has 0 atom stereocenters. The van der Waals surface area contributed by atoms with Gasteiger partial charge in [-0.2, -0.15) is 0 Å². The van der Waals surface area contributed by atoms with Crippen molar-refractivity contribution in [3.63, 3.8) is 0 Å². The summed E-state index contributed by atoms with van der Waals surface area (Å²) in [6, 6.07) is 4.28. The number of anilines is 1. The molecule has 0 aliphatic heterocycles. The van der Waals surface area contributed by atoms with Crippen molar-refractivity contribution in [2.45, 2.75) is 27.7 Å². The first kappa shape index (κ1) is 14.9. The number of nitro groups is 1. The molecule has 1 N–H and O–H groups in total. The van der Waals surface area contributed by atoms with Gasteiger partial charge < -0.3 is 4.74 Å². The van der Waals surface area contributed by atoms with E-state index in [4.69, 9.17) is 4.74 Å². The van der Waals surface area contributed by atoms with Crippen molar-refractivity contribution in [2.24, 2.45) is 5.41 Å². The fourth-order valence-corrected chi connectivity index (χ4v) is 1.29. The number of nitrogens with one attached hydrogen (secondary N) is 1. The van der Waals surface area contributed by atoms with E-state index in [1.807, 2.05) is 20.8 Å². The molecule has 6 nitrogen and oxygen atoms in total. The summed E-state index contributed by atoms with van der Waals surface area (Å²) < 4.78 is 5.05. The number of hydrogen-bond acceptors (Lipinski definition) is 4. The molecule has 0 aromatic heterocycles. The number of hydrogen-bond donors (Lipinski definition) is 1. The Labute approximate surface area is 111 Å². The zero-order chi connectivity index (χ0) is 14.6. The first-order valence-electron chi connectivity index (χ1n) is 5.88. The van der Waals surface area contributed by atoms with Crippen molar-refractivity contribution in [1.29, 1.82) is 0 Å². The second-order valence-electron chi connectivity index (χ2n) is 5.52. The monoisotopic (exact) mass is 266 g/mol. The van der Waals surface area contributed by atoms with Crippen molar-refractivity contribution in [1.82, 2.24) is 0 Å². The standard InChI is InChI=1S/C13H18N2O4/c1-9-5-6-10(15(17)18)7-11(9)14-12(16)19-8-13(2,3)4/h5-7H,8H2,1-4H3,(H,14,16). The second kappa shape index (κ2) is 5.69. The van der Waals surface area contributed by atoms with Crippen LogP contribution in [0.15, 0.2) is 18.2 Å². The predicted molar refractivity (Wildman–Crippen MR) is 72.3 cm³/mol. The largest absolute Gasteiger partial charge is 0.449 e. The smallest absolute Gasteiger partial charge is 0.411 e. The third kappa shape index (κ3) is 4.95. The maximum atomic E-state index is 11.6. The van der Waals surface area contributed by atoms with Crippen LogP contribution < -0.4 is 5.32 Å². The van der Waals surface area contributed by atoms with E-state index in [0.717, 1.165) is 5.56 Å². The molecular weight excluding hydrogens is 248 g/mol. The highest BCUT2D eigenvalue weighted by atomic mass is 16.6. The Morgan fingerprint density at radius 3 is 2.58 bits per heavy atom. The molecule has 104 valence electrons. The molecule has 1 amide bonds. The number of ether oxygens (including phenoxy) is 1. The first-order chi connectivity index (χ1) is 8.69.